The molecule has 0 aromatic heterocycles. The van der Waals surface area contributed by atoms with Crippen molar-refractivity contribution in [2.24, 2.45) is 0 Å². The van der Waals surface area contributed by atoms with Gasteiger partial charge in [0.15, 0.2) is 0 Å². The number of benzene rings is 2. The zero-order valence-electron chi connectivity index (χ0n) is 16.1. The van der Waals surface area contributed by atoms with Crippen molar-refractivity contribution < 1.29 is 23.9 Å². The van der Waals surface area contributed by atoms with Gasteiger partial charge >= 0.3 is 6.16 Å². The lowest BCUT2D eigenvalue weighted by Gasteiger charge is -2.08. The van der Waals surface area contributed by atoms with E-state index in [1.54, 1.807) is 31.2 Å². The molecule has 0 atom stereocenters. The maximum Gasteiger partial charge on any atom is 0.513 e. The van der Waals surface area contributed by atoms with Crippen LogP contribution in [0.3, 0.4) is 0 Å². The number of carbonyl (C=O) groups is 3. The Labute approximate surface area is 174 Å². The molecule has 0 aliphatic carbocycles. The van der Waals surface area contributed by atoms with E-state index in [0.29, 0.717) is 35.8 Å². The van der Waals surface area contributed by atoms with Gasteiger partial charge in [-0.1, -0.05) is 23.7 Å². The Bertz CT molecular complexity index is 822. The minimum absolute atomic E-state index is 0.0872. The minimum Gasteiger partial charge on any atom is -0.434 e. The summed E-state index contributed by atoms with van der Waals surface area (Å²) in [6.45, 7) is 2.78. The highest BCUT2D eigenvalue weighted by Gasteiger charge is 2.08. The van der Waals surface area contributed by atoms with E-state index in [1.807, 2.05) is 12.1 Å². The molecule has 0 aliphatic heterocycles. The Balaban J connectivity index is 1.64. The van der Waals surface area contributed by atoms with Crippen LogP contribution in [0.5, 0.6) is 5.75 Å². The van der Waals surface area contributed by atoms with Gasteiger partial charge in [0.25, 0.3) is 5.91 Å². The summed E-state index contributed by atoms with van der Waals surface area (Å²) < 4.78 is 9.61. The number of ether oxygens (including phenoxy) is 2. The topological polar surface area (TPSA) is 93.7 Å². The van der Waals surface area contributed by atoms with E-state index < -0.39 is 6.16 Å². The van der Waals surface area contributed by atoms with Crippen molar-refractivity contribution in [1.29, 1.82) is 0 Å². The third-order valence-corrected chi connectivity index (χ3v) is 4.07. The standard InChI is InChI=1S/C21H23ClN2O5/c1-2-28-21(27)29-18-10-6-16(7-11-18)20(26)24-13-3-12-23-19(25)14-15-4-8-17(22)9-5-15/h4-11H,2-3,12-14H2,1H3,(H,23,25)(H,24,26). The van der Waals surface area contributed by atoms with Gasteiger partial charge in [0, 0.05) is 23.7 Å². The van der Waals surface area contributed by atoms with Gasteiger partial charge in [0.2, 0.25) is 5.91 Å². The second-order valence-corrected chi connectivity index (χ2v) is 6.51. The third-order valence-electron chi connectivity index (χ3n) is 3.82. The number of hydrogen-bond donors (Lipinski definition) is 2. The molecule has 2 aromatic rings. The highest BCUT2D eigenvalue weighted by atomic mass is 35.5. The normalized spacial score (nSPS) is 10.1. The first-order valence-corrected chi connectivity index (χ1v) is 9.59. The van der Waals surface area contributed by atoms with Crippen molar-refractivity contribution in [3.63, 3.8) is 0 Å². The Kier molecular flexibility index (Phi) is 8.98. The average Bonchev–Trinajstić information content (AvgIpc) is 2.70. The number of hydrogen-bond acceptors (Lipinski definition) is 5. The van der Waals surface area contributed by atoms with E-state index in [4.69, 9.17) is 16.3 Å². The second kappa shape index (κ2) is 11.7. The SMILES string of the molecule is CCOC(=O)Oc1ccc(C(=O)NCCCNC(=O)Cc2ccc(Cl)cc2)cc1. The van der Waals surface area contributed by atoms with Crippen LogP contribution < -0.4 is 15.4 Å². The fourth-order valence-electron chi connectivity index (χ4n) is 2.39. The minimum atomic E-state index is -0.789. The molecule has 0 saturated carbocycles. The van der Waals surface area contributed by atoms with Crippen molar-refractivity contribution in [2.45, 2.75) is 19.8 Å². The molecule has 7 nitrogen and oxygen atoms in total. The number of amides is 2. The summed E-state index contributed by atoms with van der Waals surface area (Å²) >= 11 is 5.82. The molecule has 8 heteroatoms. The predicted octanol–water partition coefficient (Wildman–Crippen LogP) is 3.35. The van der Waals surface area contributed by atoms with Gasteiger partial charge in [-0.2, -0.15) is 0 Å². The van der Waals surface area contributed by atoms with Crippen LogP contribution in [0.25, 0.3) is 0 Å². The molecule has 2 rings (SSSR count). The van der Waals surface area contributed by atoms with Gasteiger partial charge in [-0.05, 0) is 55.3 Å². The van der Waals surface area contributed by atoms with Crippen LogP contribution in [0.4, 0.5) is 4.79 Å². The highest BCUT2D eigenvalue weighted by Crippen LogP contribution is 2.13. The predicted molar refractivity (Wildman–Crippen MR) is 109 cm³/mol. The van der Waals surface area contributed by atoms with Crippen LogP contribution >= 0.6 is 11.6 Å². The molecule has 0 aliphatic rings. The van der Waals surface area contributed by atoms with Crippen LogP contribution in [0.15, 0.2) is 48.5 Å². The number of halogens is 1. The summed E-state index contributed by atoms with van der Waals surface area (Å²) in [5, 5.41) is 6.21. The molecule has 0 radical (unpaired) electrons. The molecule has 2 aromatic carbocycles. The maximum absolute atomic E-state index is 12.1. The quantitative estimate of drug-likeness (QED) is 0.370. The lowest BCUT2D eigenvalue weighted by molar-refractivity contribution is -0.120. The molecule has 2 amide bonds. The lowest BCUT2D eigenvalue weighted by Crippen LogP contribution is -2.30. The van der Waals surface area contributed by atoms with Gasteiger partial charge in [0.1, 0.15) is 5.75 Å². The van der Waals surface area contributed by atoms with E-state index in [1.165, 1.54) is 12.1 Å². The monoisotopic (exact) mass is 418 g/mol. The zero-order chi connectivity index (χ0) is 21.1. The Hall–Kier alpha value is -3.06. The van der Waals surface area contributed by atoms with Crippen molar-refractivity contribution >= 4 is 29.6 Å². The summed E-state index contributed by atoms with van der Waals surface area (Å²) in [7, 11) is 0. The summed E-state index contributed by atoms with van der Waals surface area (Å²) in [6, 6.07) is 13.3. The Morgan fingerprint density at radius 1 is 0.931 bits per heavy atom. The first-order chi connectivity index (χ1) is 14.0. The average molecular weight is 419 g/mol. The molecule has 29 heavy (non-hydrogen) atoms. The molecule has 0 spiro atoms. The molecule has 0 unspecified atom stereocenters. The molecule has 0 saturated heterocycles. The van der Waals surface area contributed by atoms with E-state index >= 15 is 0 Å². The number of nitrogens with one attached hydrogen (secondary N) is 2. The van der Waals surface area contributed by atoms with Crippen LogP contribution in [-0.2, 0) is 16.0 Å². The summed E-state index contributed by atoms with van der Waals surface area (Å²) in [5.74, 6) is -0.0422. The Morgan fingerprint density at radius 2 is 1.59 bits per heavy atom. The van der Waals surface area contributed by atoms with Crippen molar-refractivity contribution in [3.8, 4) is 5.75 Å². The van der Waals surface area contributed by atoms with E-state index in [9.17, 15) is 14.4 Å². The molecule has 0 fully saturated rings. The molecule has 154 valence electrons. The number of rotatable bonds is 9. The summed E-state index contributed by atoms with van der Waals surface area (Å²) in [4.78, 5) is 35.2. The second-order valence-electron chi connectivity index (χ2n) is 6.07. The summed E-state index contributed by atoms with van der Waals surface area (Å²) in [5.41, 5.74) is 1.32. The first kappa shape index (κ1) is 22.2. The van der Waals surface area contributed by atoms with Gasteiger partial charge in [-0.25, -0.2) is 4.79 Å². The smallest absolute Gasteiger partial charge is 0.434 e. The van der Waals surface area contributed by atoms with Crippen molar-refractivity contribution in [3.05, 3.63) is 64.7 Å². The Morgan fingerprint density at radius 3 is 2.24 bits per heavy atom. The lowest BCUT2D eigenvalue weighted by atomic mass is 10.1. The molecule has 0 heterocycles. The zero-order valence-corrected chi connectivity index (χ0v) is 16.8. The fraction of sp³-hybridized carbons (Fsp3) is 0.286. The number of carbonyl (C=O) groups excluding carboxylic acids is 3. The third kappa shape index (κ3) is 8.23. The maximum atomic E-state index is 12.1. The largest absolute Gasteiger partial charge is 0.513 e. The van der Waals surface area contributed by atoms with Crippen LogP contribution in [0, 0.1) is 0 Å². The molecular formula is C21H23ClN2O5. The molecular weight excluding hydrogens is 396 g/mol. The molecule has 0 bridgehead atoms. The fourth-order valence-corrected chi connectivity index (χ4v) is 2.51. The van der Waals surface area contributed by atoms with E-state index in [-0.39, 0.29) is 24.8 Å². The van der Waals surface area contributed by atoms with E-state index in [0.717, 1.165) is 5.56 Å². The first-order valence-electron chi connectivity index (χ1n) is 9.22. The van der Waals surface area contributed by atoms with E-state index in [2.05, 4.69) is 15.4 Å². The molecule has 2 N–H and O–H groups in total. The van der Waals surface area contributed by atoms with Gasteiger partial charge in [-0.15, -0.1) is 0 Å². The van der Waals surface area contributed by atoms with Gasteiger partial charge in [0.05, 0.1) is 13.0 Å². The van der Waals surface area contributed by atoms with Crippen molar-refractivity contribution in [2.75, 3.05) is 19.7 Å². The summed E-state index contributed by atoms with van der Waals surface area (Å²) in [6.07, 6.45) is 0.0918. The van der Waals surface area contributed by atoms with Crippen molar-refractivity contribution in [1.82, 2.24) is 10.6 Å². The highest BCUT2D eigenvalue weighted by molar-refractivity contribution is 6.30. The van der Waals surface area contributed by atoms with Crippen LogP contribution in [0.2, 0.25) is 5.02 Å². The van der Waals surface area contributed by atoms with Gasteiger partial charge < -0.3 is 20.1 Å². The van der Waals surface area contributed by atoms with Crippen LogP contribution in [0.1, 0.15) is 29.3 Å². The van der Waals surface area contributed by atoms with Crippen LogP contribution in [-0.4, -0.2) is 37.7 Å². The van der Waals surface area contributed by atoms with Gasteiger partial charge in [-0.3, -0.25) is 9.59 Å².